The quantitative estimate of drug-likeness (QED) is 0.481. The molecule has 1 aromatic rings. The Balaban J connectivity index is 2.34. The third kappa shape index (κ3) is 7.89. The molecule has 0 bridgehead atoms. The largest absolute Gasteiger partial charge is 0.478 e. The molecule has 0 heterocycles. The molecule has 1 aromatic carbocycles. The molecule has 0 aliphatic rings. The number of aliphatic carboxylic acids is 1. The minimum Gasteiger partial charge on any atom is -0.478 e. The summed E-state index contributed by atoms with van der Waals surface area (Å²) in [6.07, 6.45) is 7.04. The molecule has 114 valence electrons. The Bertz CT molecular complexity index is 481. The first kappa shape index (κ1) is 16.9. The number of carboxylic acids is 1. The van der Waals surface area contributed by atoms with Gasteiger partial charge in [0.05, 0.1) is 0 Å². The summed E-state index contributed by atoms with van der Waals surface area (Å²) in [6, 6.07) is 7.04. The van der Waals surface area contributed by atoms with Crippen LogP contribution in [0.4, 0.5) is 5.69 Å². The Morgan fingerprint density at radius 3 is 2.38 bits per heavy atom. The number of benzene rings is 1. The van der Waals surface area contributed by atoms with Gasteiger partial charge < -0.3 is 16.2 Å². The molecule has 5 heteroatoms. The van der Waals surface area contributed by atoms with Gasteiger partial charge in [0, 0.05) is 18.2 Å². The minimum absolute atomic E-state index is 0.00317. The van der Waals surface area contributed by atoms with Crippen LogP contribution in [-0.4, -0.2) is 23.5 Å². The second-order valence-corrected chi connectivity index (χ2v) is 4.79. The van der Waals surface area contributed by atoms with Crippen LogP contribution in [-0.2, 0) is 9.59 Å². The molecular weight excluding hydrogens is 268 g/mol. The number of nitrogens with one attached hydrogen (secondary N) is 1. The number of carbonyl (C=O) groups excluding carboxylic acids is 1. The first-order valence-electron chi connectivity index (χ1n) is 7.13. The van der Waals surface area contributed by atoms with Gasteiger partial charge in [-0.1, -0.05) is 25.0 Å². The number of unbranched alkanes of at least 4 members (excludes halogenated alkanes) is 3. The average molecular weight is 290 g/mol. The number of carbonyl (C=O) groups is 2. The summed E-state index contributed by atoms with van der Waals surface area (Å²) in [7, 11) is 0. The van der Waals surface area contributed by atoms with Gasteiger partial charge in [0.2, 0.25) is 5.91 Å². The standard InChI is InChI=1S/C16H22N2O3/c17-12-4-2-1-3-5-15(19)18-14-9-6-13(7-10-14)8-11-16(20)21/h6-11H,1-5,12,17H2,(H,18,19)(H,20,21)/b11-8+. The number of carboxylic acid groups (broad SMARTS) is 1. The third-order valence-electron chi connectivity index (χ3n) is 2.97. The lowest BCUT2D eigenvalue weighted by molar-refractivity contribution is -0.131. The molecule has 0 aromatic heterocycles. The normalized spacial score (nSPS) is 10.7. The molecule has 1 amide bonds. The monoisotopic (exact) mass is 290 g/mol. The zero-order valence-corrected chi connectivity index (χ0v) is 12.0. The molecule has 5 nitrogen and oxygen atoms in total. The smallest absolute Gasteiger partial charge is 0.328 e. The van der Waals surface area contributed by atoms with Gasteiger partial charge in [-0.2, -0.15) is 0 Å². The van der Waals surface area contributed by atoms with Crippen molar-refractivity contribution in [3.8, 4) is 0 Å². The highest BCUT2D eigenvalue weighted by molar-refractivity contribution is 5.91. The molecule has 0 atom stereocenters. The van der Waals surface area contributed by atoms with E-state index in [1.165, 1.54) is 6.08 Å². The van der Waals surface area contributed by atoms with Crippen molar-refractivity contribution in [2.45, 2.75) is 32.1 Å². The van der Waals surface area contributed by atoms with E-state index in [0.29, 0.717) is 13.0 Å². The van der Waals surface area contributed by atoms with Crippen molar-refractivity contribution in [3.63, 3.8) is 0 Å². The third-order valence-corrected chi connectivity index (χ3v) is 2.97. The van der Waals surface area contributed by atoms with Gasteiger partial charge in [0.15, 0.2) is 0 Å². The Labute approximate surface area is 124 Å². The van der Waals surface area contributed by atoms with E-state index in [-0.39, 0.29) is 5.91 Å². The van der Waals surface area contributed by atoms with Crippen LogP contribution in [0.1, 0.15) is 37.7 Å². The fraction of sp³-hybridized carbons (Fsp3) is 0.375. The van der Waals surface area contributed by atoms with Crippen LogP contribution < -0.4 is 11.1 Å². The first-order valence-corrected chi connectivity index (χ1v) is 7.13. The molecule has 4 N–H and O–H groups in total. The zero-order valence-electron chi connectivity index (χ0n) is 12.0. The molecule has 0 saturated carbocycles. The lowest BCUT2D eigenvalue weighted by Gasteiger charge is -2.05. The van der Waals surface area contributed by atoms with Gasteiger partial charge in [-0.15, -0.1) is 0 Å². The van der Waals surface area contributed by atoms with E-state index >= 15 is 0 Å². The predicted octanol–water partition coefficient (Wildman–Crippen LogP) is 2.63. The van der Waals surface area contributed by atoms with E-state index in [2.05, 4.69) is 5.32 Å². The van der Waals surface area contributed by atoms with Crippen molar-refractivity contribution in [2.75, 3.05) is 11.9 Å². The summed E-state index contributed by atoms with van der Waals surface area (Å²) < 4.78 is 0. The summed E-state index contributed by atoms with van der Waals surface area (Å²) in [5.41, 5.74) is 6.90. The summed E-state index contributed by atoms with van der Waals surface area (Å²) in [4.78, 5) is 22.1. The molecule has 0 aliphatic heterocycles. The number of amides is 1. The van der Waals surface area contributed by atoms with Crippen molar-refractivity contribution >= 4 is 23.6 Å². The Morgan fingerprint density at radius 1 is 1.10 bits per heavy atom. The Hall–Kier alpha value is -2.14. The van der Waals surface area contributed by atoms with Gasteiger partial charge >= 0.3 is 5.97 Å². The molecule has 21 heavy (non-hydrogen) atoms. The summed E-state index contributed by atoms with van der Waals surface area (Å²) in [5.74, 6) is -0.987. The Kier molecular flexibility index (Phi) is 7.82. The molecule has 0 radical (unpaired) electrons. The van der Waals surface area contributed by atoms with Crippen molar-refractivity contribution in [2.24, 2.45) is 5.73 Å². The molecule has 0 saturated heterocycles. The molecule has 1 rings (SSSR count). The molecule has 0 unspecified atom stereocenters. The van der Waals surface area contributed by atoms with Gasteiger partial charge in [0.25, 0.3) is 0 Å². The fourth-order valence-electron chi connectivity index (χ4n) is 1.85. The highest BCUT2D eigenvalue weighted by atomic mass is 16.4. The van der Waals surface area contributed by atoms with Crippen LogP contribution in [0.15, 0.2) is 30.3 Å². The number of hydrogen-bond acceptors (Lipinski definition) is 3. The molecule has 0 spiro atoms. The number of nitrogens with two attached hydrogens (primary N) is 1. The number of anilines is 1. The SMILES string of the molecule is NCCCCCCC(=O)Nc1ccc(/C=C/C(=O)O)cc1. The lowest BCUT2D eigenvalue weighted by atomic mass is 10.1. The van der Waals surface area contributed by atoms with E-state index in [0.717, 1.165) is 43.0 Å². The topological polar surface area (TPSA) is 92.4 Å². The maximum atomic E-state index is 11.7. The molecule has 0 fully saturated rings. The molecule has 0 aliphatic carbocycles. The second-order valence-electron chi connectivity index (χ2n) is 4.79. The van der Waals surface area contributed by atoms with E-state index in [1.807, 2.05) is 0 Å². The lowest BCUT2D eigenvalue weighted by Crippen LogP contribution is -2.11. The van der Waals surface area contributed by atoms with Crippen LogP contribution in [0.5, 0.6) is 0 Å². The predicted molar refractivity (Wildman–Crippen MR) is 83.9 cm³/mol. The highest BCUT2D eigenvalue weighted by Crippen LogP contribution is 2.12. The highest BCUT2D eigenvalue weighted by Gasteiger charge is 2.02. The van der Waals surface area contributed by atoms with Crippen LogP contribution >= 0.6 is 0 Å². The number of hydrogen-bond donors (Lipinski definition) is 3. The van der Waals surface area contributed by atoms with Crippen molar-refractivity contribution in [3.05, 3.63) is 35.9 Å². The zero-order chi connectivity index (χ0) is 15.5. The van der Waals surface area contributed by atoms with E-state index in [9.17, 15) is 9.59 Å². The number of rotatable bonds is 9. The minimum atomic E-state index is -0.984. The van der Waals surface area contributed by atoms with Crippen LogP contribution in [0.25, 0.3) is 6.08 Å². The maximum Gasteiger partial charge on any atom is 0.328 e. The van der Waals surface area contributed by atoms with Crippen molar-refractivity contribution in [1.82, 2.24) is 0 Å². The average Bonchev–Trinajstić information content (AvgIpc) is 2.46. The summed E-state index contributed by atoms with van der Waals surface area (Å²) in [6.45, 7) is 0.703. The van der Waals surface area contributed by atoms with E-state index in [1.54, 1.807) is 24.3 Å². The fourth-order valence-corrected chi connectivity index (χ4v) is 1.85. The van der Waals surface area contributed by atoms with Gasteiger partial charge in [-0.25, -0.2) is 4.79 Å². The van der Waals surface area contributed by atoms with Gasteiger partial charge in [0.1, 0.15) is 0 Å². The van der Waals surface area contributed by atoms with Crippen LogP contribution in [0.2, 0.25) is 0 Å². The summed E-state index contributed by atoms with van der Waals surface area (Å²) in [5, 5.41) is 11.4. The van der Waals surface area contributed by atoms with Crippen molar-refractivity contribution in [1.29, 1.82) is 0 Å². The first-order chi connectivity index (χ1) is 10.1. The maximum absolute atomic E-state index is 11.7. The van der Waals surface area contributed by atoms with Crippen molar-refractivity contribution < 1.29 is 14.7 Å². The second kappa shape index (κ2) is 9.72. The Morgan fingerprint density at radius 2 is 1.76 bits per heavy atom. The molecular formula is C16H22N2O3. The van der Waals surface area contributed by atoms with E-state index < -0.39 is 5.97 Å². The van der Waals surface area contributed by atoms with E-state index in [4.69, 9.17) is 10.8 Å². The van der Waals surface area contributed by atoms with Crippen LogP contribution in [0, 0.1) is 0 Å². The van der Waals surface area contributed by atoms with Crippen LogP contribution in [0.3, 0.4) is 0 Å². The van der Waals surface area contributed by atoms with Gasteiger partial charge in [-0.05, 0) is 43.2 Å². The summed E-state index contributed by atoms with van der Waals surface area (Å²) >= 11 is 0. The van der Waals surface area contributed by atoms with Gasteiger partial charge in [-0.3, -0.25) is 4.79 Å².